The Kier molecular flexibility index (Phi) is 2.86. The molecule has 0 bridgehead atoms. The number of aliphatic hydroxyl groups is 1. The Labute approximate surface area is 60.8 Å². The molecule has 0 aromatic heterocycles. The highest BCUT2D eigenvalue weighted by molar-refractivity contribution is 7.99. The molecule has 0 unspecified atom stereocenters. The Morgan fingerprint density at radius 2 is 2.44 bits per heavy atom. The fourth-order valence-electron chi connectivity index (χ4n) is 1.18. The topological polar surface area (TPSA) is 20.2 Å². The van der Waals surface area contributed by atoms with E-state index in [1.54, 1.807) is 0 Å². The average Bonchev–Trinajstić information content (AvgIpc) is 1.89. The van der Waals surface area contributed by atoms with Gasteiger partial charge in [0.25, 0.3) is 0 Å². The molecule has 1 N–H and O–H groups in total. The van der Waals surface area contributed by atoms with Crippen molar-refractivity contribution in [3.05, 3.63) is 0 Å². The predicted octanol–water partition coefficient (Wildman–Crippen LogP) is 1.51. The first-order valence-electron chi connectivity index (χ1n) is 3.60. The summed E-state index contributed by atoms with van der Waals surface area (Å²) in [5.74, 6) is 2.89. The lowest BCUT2D eigenvalue weighted by Gasteiger charge is -2.25. The third kappa shape index (κ3) is 1.87. The fourth-order valence-corrected chi connectivity index (χ4v) is 2.51. The summed E-state index contributed by atoms with van der Waals surface area (Å²) in [7, 11) is 0. The molecule has 0 aliphatic carbocycles. The summed E-state index contributed by atoms with van der Waals surface area (Å²) in [4.78, 5) is 0. The molecule has 2 atom stereocenters. The SMILES string of the molecule is CC[C@H]1CSCC[C@H]1O. The zero-order valence-electron chi connectivity index (χ0n) is 5.84. The van der Waals surface area contributed by atoms with Crippen molar-refractivity contribution >= 4 is 11.8 Å². The Morgan fingerprint density at radius 1 is 1.67 bits per heavy atom. The van der Waals surface area contributed by atoms with E-state index >= 15 is 0 Å². The van der Waals surface area contributed by atoms with Crippen molar-refractivity contribution in [2.45, 2.75) is 25.9 Å². The summed E-state index contributed by atoms with van der Waals surface area (Å²) >= 11 is 1.97. The van der Waals surface area contributed by atoms with E-state index in [9.17, 15) is 5.11 Å². The average molecular weight is 146 g/mol. The van der Waals surface area contributed by atoms with Gasteiger partial charge >= 0.3 is 0 Å². The maximum Gasteiger partial charge on any atom is 0.0584 e. The van der Waals surface area contributed by atoms with Crippen LogP contribution in [0.5, 0.6) is 0 Å². The first-order valence-corrected chi connectivity index (χ1v) is 4.76. The van der Waals surface area contributed by atoms with Crippen LogP contribution in [-0.2, 0) is 0 Å². The third-order valence-corrected chi connectivity index (χ3v) is 3.15. The fraction of sp³-hybridized carbons (Fsp3) is 1.00. The van der Waals surface area contributed by atoms with Gasteiger partial charge in [-0.1, -0.05) is 13.3 Å². The zero-order chi connectivity index (χ0) is 6.69. The number of rotatable bonds is 1. The number of aliphatic hydroxyl groups excluding tert-OH is 1. The summed E-state index contributed by atoms with van der Waals surface area (Å²) in [6.45, 7) is 2.15. The largest absolute Gasteiger partial charge is 0.393 e. The Morgan fingerprint density at radius 3 is 2.89 bits per heavy atom. The first kappa shape index (κ1) is 7.42. The minimum atomic E-state index is -0.00347. The van der Waals surface area contributed by atoms with Crippen LogP contribution in [0.3, 0.4) is 0 Å². The molecule has 2 heteroatoms. The van der Waals surface area contributed by atoms with Crippen molar-refractivity contribution < 1.29 is 5.11 Å². The highest BCUT2D eigenvalue weighted by atomic mass is 32.2. The van der Waals surface area contributed by atoms with Crippen molar-refractivity contribution in [3.63, 3.8) is 0 Å². The van der Waals surface area contributed by atoms with Gasteiger partial charge in [-0.05, 0) is 23.8 Å². The minimum Gasteiger partial charge on any atom is -0.393 e. The lowest BCUT2D eigenvalue weighted by molar-refractivity contribution is 0.110. The molecule has 0 saturated carbocycles. The Hall–Kier alpha value is 0.310. The normalized spacial score (nSPS) is 36.7. The van der Waals surface area contributed by atoms with Gasteiger partial charge in [0.15, 0.2) is 0 Å². The van der Waals surface area contributed by atoms with Crippen LogP contribution in [0.2, 0.25) is 0 Å². The van der Waals surface area contributed by atoms with Gasteiger partial charge in [-0.2, -0.15) is 11.8 Å². The summed E-state index contributed by atoms with van der Waals surface area (Å²) in [6.07, 6.45) is 2.13. The molecule has 0 amide bonds. The van der Waals surface area contributed by atoms with Gasteiger partial charge in [0.1, 0.15) is 0 Å². The first-order chi connectivity index (χ1) is 4.34. The maximum absolute atomic E-state index is 9.36. The van der Waals surface area contributed by atoms with Crippen LogP contribution in [0, 0.1) is 5.92 Å². The summed E-state index contributed by atoms with van der Waals surface area (Å²) in [5.41, 5.74) is 0. The smallest absolute Gasteiger partial charge is 0.0584 e. The second kappa shape index (κ2) is 3.47. The van der Waals surface area contributed by atoms with Crippen LogP contribution in [0.25, 0.3) is 0 Å². The van der Waals surface area contributed by atoms with Gasteiger partial charge in [-0.25, -0.2) is 0 Å². The minimum absolute atomic E-state index is 0.00347. The van der Waals surface area contributed by atoms with E-state index in [1.165, 1.54) is 0 Å². The molecular formula is C7H14OS. The van der Waals surface area contributed by atoms with Crippen LogP contribution in [0.15, 0.2) is 0 Å². The second-order valence-corrected chi connectivity index (χ2v) is 3.75. The van der Waals surface area contributed by atoms with E-state index in [0.717, 1.165) is 24.3 Å². The molecular weight excluding hydrogens is 132 g/mol. The van der Waals surface area contributed by atoms with Gasteiger partial charge in [0.05, 0.1) is 6.10 Å². The maximum atomic E-state index is 9.36. The van der Waals surface area contributed by atoms with Crippen molar-refractivity contribution in [2.75, 3.05) is 11.5 Å². The van der Waals surface area contributed by atoms with E-state index in [0.29, 0.717) is 5.92 Å². The lowest BCUT2D eigenvalue weighted by atomic mass is 9.99. The van der Waals surface area contributed by atoms with Crippen LogP contribution in [-0.4, -0.2) is 22.7 Å². The van der Waals surface area contributed by atoms with Gasteiger partial charge in [-0.3, -0.25) is 0 Å². The molecule has 0 aromatic carbocycles. The van der Waals surface area contributed by atoms with E-state index in [-0.39, 0.29) is 6.10 Å². The van der Waals surface area contributed by atoms with Crippen LogP contribution in [0.4, 0.5) is 0 Å². The van der Waals surface area contributed by atoms with Gasteiger partial charge in [0.2, 0.25) is 0 Å². The Balaban J connectivity index is 2.30. The lowest BCUT2D eigenvalue weighted by Crippen LogP contribution is -2.26. The number of hydrogen-bond donors (Lipinski definition) is 1. The number of hydrogen-bond acceptors (Lipinski definition) is 2. The van der Waals surface area contributed by atoms with Crippen LogP contribution in [0.1, 0.15) is 19.8 Å². The molecule has 1 saturated heterocycles. The molecule has 0 radical (unpaired) electrons. The molecule has 54 valence electrons. The molecule has 1 rings (SSSR count). The quantitative estimate of drug-likeness (QED) is 0.605. The monoisotopic (exact) mass is 146 g/mol. The predicted molar refractivity (Wildman–Crippen MR) is 41.7 cm³/mol. The van der Waals surface area contributed by atoms with Crippen molar-refractivity contribution in [1.82, 2.24) is 0 Å². The molecule has 1 heterocycles. The van der Waals surface area contributed by atoms with Gasteiger partial charge in [0, 0.05) is 0 Å². The molecule has 9 heavy (non-hydrogen) atoms. The standard InChI is InChI=1S/C7H14OS/c1-2-6-5-9-4-3-7(6)8/h6-8H,2-5H2,1H3/t6-,7+/m0/s1. The summed E-state index contributed by atoms with van der Waals surface area (Å²) < 4.78 is 0. The van der Waals surface area contributed by atoms with Crippen LogP contribution >= 0.6 is 11.8 Å². The highest BCUT2D eigenvalue weighted by Crippen LogP contribution is 2.24. The van der Waals surface area contributed by atoms with E-state index in [4.69, 9.17) is 0 Å². The highest BCUT2D eigenvalue weighted by Gasteiger charge is 2.20. The third-order valence-electron chi connectivity index (χ3n) is 1.96. The molecule has 1 aliphatic heterocycles. The molecule has 0 spiro atoms. The molecule has 1 aliphatic rings. The van der Waals surface area contributed by atoms with E-state index < -0.39 is 0 Å². The zero-order valence-corrected chi connectivity index (χ0v) is 6.66. The molecule has 0 aromatic rings. The molecule has 1 nitrogen and oxygen atoms in total. The summed E-state index contributed by atoms with van der Waals surface area (Å²) in [5, 5.41) is 9.36. The van der Waals surface area contributed by atoms with Crippen molar-refractivity contribution in [2.24, 2.45) is 5.92 Å². The van der Waals surface area contributed by atoms with E-state index in [1.807, 2.05) is 11.8 Å². The summed E-state index contributed by atoms with van der Waals surface area (Å²) in [6, 6.07) is 0. The van der Waals surface area contributed by atoms with Crippen molar-refractivity contribution in [1.29, 1.82) is 0 Å². The van der Waals surface area contributed by atoms with Crippen molar-refractivity contribution in [3.8, 4) is 0 Å². The molecule has 1 fully saturated rings. The number of thioether (sulfide) groups is 1. The Bertz CT molecular complexity index is 85.0. The second-order valence-electron chi connectivity index (χ2n) is 2.60. The van der Waals surface area contributed by atoms with Crippen LogP contribution < -0.4 is 0 Å². The van der Waals surface area contributed by atoms with Gasteiger partial charge < -0.3 is 5.11 Å². The van der Waals surface area contributed by atoms with Gasteiger partial charge in [-0.15, -0.1) is 0 Å². The van der Waals surface area contributed by atoms with E-state index in [2.05, 4.69) is 6.92 Å².